The lowest BCUT2D eigenvalue weighted by molar-refractivity contribution is 0.221. The first-order chi connectivity index (χ1) is 9.12. The Hall–Kier alpha value is -1.00. The van der Waals surface area contributed by atoms with Crippen molar-refractivity contribution in [1.82, 2.24) is 15.2 Å². The molecular formula is C15H26FN3. The first-order valence-corrected chi connectivity index (χ1v) is 7.13. The predicted octanol–water partition coefficient (Wildman–Crippen LogP) is 2.85. The van der Waals surface area contributed by atoms with Crippen molar-refractivity contribution < 1.29 is 4.39 Å². The number of rotatable bonds is 8. The maximum atomic E-state index is 12.9. The summed E-state index contributed by atoms with van der Waals surface area (Å²) in [6.07, 6.45) is 2.45. The molecule has 2 atom stereocenters. The van der Waals surface area contributed by atoms with Crippen molar-refractivity contribution in [3.05, 3.63) is 29.8 Å². The topological polar surface area (TPSA) is 28.2 Å². The maximum Gasteiger partial charge on any atom is 0.141 e. The third-order valence-corrected chi connectivity index (χ3v) is 3.48. The third kappa shape index (κ3) is 4.88. The predicted molar refractivity (Wildman–Crippen MR) is 77.6 cm³/mol. The second kappa shape index (κ2) is 8.23. The second-order valence-electron chi connectivity index (χ2n) is 5.04. The van der Waals surface area contributed by atoms with E-state index in [1.165, 1.54) is 18.7 Å². The Kier molecular flexibility index (Phi) is 6.95. The Bertz CT molecular complexity index is 353. The van der Waals surface area contributed by atoms with Gasteiger partial charge in [-0.2, -0.15) is 0 Å². The number of hydrogen-bond acceptors (Lipinski definition) is 3. The van der Waals surface area contributed by atoms with Crippen LogP contribution in [-0.4, -0.2) is 36.6 Å². The Morgan fingerprint density at radius 3 is 2.58 bits per heavy atom. The van der Waals surface area contributed by atoms with Gasteiger partial charge < -0.3 is 10.2 Å². The number of aromatic nitrogens is 1. The quantitative estimate of drug-likeness (QED) is 0.785. The molecule has 1 rings (SSSR count). The van der Waals surface area contributed by atoms with Crippen molar-refractivity contribution >= 4 is 0 Å². The van der Waals surface area contributed by atoms with Crippen LogP contribution in [0.25, 0.3) is 0 Å². The van der Waals surface area contributed by atoms with E-state index in [4.69, 9.17) is 0 Å². The fraction of sp³-hybridized carbons (Fsp3) is 0.667. The molecule has 108 valence electrons. The van der Waals surface area contributed by atoms with Gasteiger partial charge in [0.15, 0.2) is 0 Å². The number of hydrogen-bond donors (Lipinski definition) is 1. The lowest BCUT2D eigenvalue weighted by atomic mass is 9.97. The fourth-order valence-corrected chi connectivity index (χ4v) is 2.50. The van der Waals surface area contributed by atoms with Crippen LogP contribution >= 0.6 is 0 Å². The molecule has 0 amide bonds. The van der Waals surface area contributed by atoms with E-state index in [2.05, 4.69) is 36.0 Å². The smallest absolute Gasteiger partial charge is 0.141 e. The molecule has 0 radical (unpaired) electrons. The van der Waals surface area contributed by atoms with Crippen LogP contribution in [0.4, 0.5) is 4.39 Å². The van der Waals surface area contributed by atoms with E-state index in [1.54, 1.807) is 6.07 Å². The number of nitrogens with one attached hydrogen (secondary N) is 1. The third-order valence-electron chi connectivity index (χ3n) is 3.48. The van der Waals surface area contributed by atoms with Gasteiger partial charge in [-0.05, 0) is 44.6 Å². The molecule has 3 nitrogen and oxygen atoms in total. The Morgan fingerprint density at radius 2 is 2.11 bits per heavy atom. The van der Waals surface area contributed by atoms with E-state index in [-0.39, 0.29) is 11.9 Å². The molecule has 1 aromatic heterocycles. The summed E-state index contributed by atoms with van der Waals surface area (Å²) in [4.78, 5) is 6.64. The summed E-state index contributed by atoms with van der Waals surface area (Å²) in [5, 5.41) is 3.30. The highest BCUT2D eigenvalue weighted by atomic mass is 19.1. The van der Waals surface area contributed by atoms with Gasteiger partial charge in [-0.15, -0.1) is 0 Å². The highest BCUT2D eigenvalue weighted by Gasteiger charge is 2.20. The van der Waals surface area contributed by atoms with Gasteiger partial charge in [0.2, 0.25) is 0 Å². The molecule has 0 bridgehead atoms. The molecule has 0 spiro atoms. The van der Waals surface area contributed by atoms with E-state index in [1.807, 2.05) is 7.05 Å². The first kappa shape index (κ1) is 16.1. The average molecular weight is 267 g/mol. The van der Waals surface area contributed by atoms with Crippen LogP contribution in [0, 0.1) is 11.7 Å². The maximum absolute atomic E-state index is 12.9. The summed E-state index contributed by atoms with van der Waals surface area (Å²) in [7, 11) is 1.93. The Balaban J connectivity index is 2.70. The number of nitrogens with zero attached hydrogens (tertiary/aromatic N) is 2. The minimum Gasteiger partial charge on any atom is -0.311 e. The van der Waals surface area contributed by atoms with Crippen LogP contribution in [0.3, 0.4) is 0 Å². The van der Waals surface area contributed by atoms with Gasteiger partial charge in [0, 0.05) is 6.54 Å². The molecule has 4 heteroatoms. The number of pyridine rings is 1. The van der Waals surface area contributed by atoms with Crippen LogP contribution in [0.5, 0.6) is 0 Å². The lowest BCUT2D eigenvalue weighted by Crippen LogP contribution is -2.35. The molecule has 0 fully saturated rings. The van der Waals surface area contributed by atoms with Gasteiger partial charge in [0.25, 0.3) is 0 Å². The lowest BCUT2D eigenvalue weighted by Gasteiger charge is -2.29. The van der Waals surface area contributed by atoms with Crippen molar-refractivity contribution in [1.29, 1.82) is 0 Å². The first-order valence-electron chi connectivity index (χ1n) is 7.13. The molecular weight excluding hydrogens is 241 g/mol. The van der Waals surface area contributed by atoms with Crippen LogP contribution < -0.4 is 5.32 Å². The molecule has 0 saturated heterocycles. The van der Waals surface area contributed by atoms with E-state index < -0.39 is 0 Å². The van der Waals surface area contributed by atoms with Crippen molar-refractivity contribution in [2.24, 2.45) is 5.92 Å². The highest BCUT2D eigenvalue weighted by Crippen LogP contribution is 2.21. The van der Waals surface area contributed by atoms with Gasteiger partial charge in [-0.25, -0.2) is 4.39 Å². The van der Waals surface area contributed by atoms with E-state index in [0.717, 1.165) is 25.3 Å². The summed E-state index contributed by atoms with van der Waals surface area (Å²) in [6, 6.07) is 3.40. The Morgan fingerprint density at radius 1 is 1.37 bits per heavy atom. The SMILES string of the molecule is CCCN(CC)CC(C)C(NC)c1ccc(F)cn1. The molecule has 0 saturated carbocycles. The van der Waals surface area contributed by atoms with E-state index in [0.29, 0.717) is 5.92 Å². The van der Waals surface area contributed by atoms with Gasteiger partial charge in [-0.3, -0.25) is 4.98 Å². The van der Waals surface area contributed by atoms with Gasteiger partial charge >= 0.3 is 0 Å². The van der Waals surface area contributed by atoms with Crippen molar-refractivity contribution in [3.8, 4) is 0 Å². The van der Waals surface area contributed by atoms with Crippen LogP contribution in [-0.2, 0) is 0 Å². The summed E-state index contributed by atoms with van der Waals surface area (Å²) in [6.45, 7) is 9.80. The molecule has 19 heavy (non-hydrogen) atoms. The molecule has 0 aromatic carbocycles. The van der Waals surface area contributed by atoms with Gasteiger partial charge in [0.1, 0.15) is 5.82 Å². The molecule has 2 unspecified atom stereocenters. The average Bonchev–Trinajstić information content (AvgIpc) is 2.41. The molecule has 0 aliphatic heterocycles. The van der Waals surface area contributed by atoms with Crippen LogP contribution in [0.2, 0.25) is 0 Å². The van der Waals surface area contributed by atoms with Crippen LogP contribution in [0.1, 0.15) is 38.9 Å². The Labute approximate surface area is 116 Å². The monoisotopic (exact) mass is 267 g/mol. The zero-order valence-corrected chi connectivity index (χ0v) is 12.5. The summed E-state index contributed by atoms with van der Waals surface area (Å²) in [5.74, 6) is 0.141. The molecule has 1 aromatic rings. The van der Waals surface area contributed by atoms with E-state index in [9.17, 15) is 4.39 Å². The van der Waals surface area contributed by atoms with Crippen molar-refractivity contribution in [3.63, 3.8) is 0 Å². The zero-order valence-electron chi connectivity index (χ0n) is 12.5. The van der Waals surface area contributed by atoms with Crippen molar-refractivity contribution in [2.45, 2.75) is 33.2 Å². The minimum absolute atomic E-state index is 0.159. The van der Waals surface area contributed by atoms with E-state index >= 15 is 0 Å². The summed E-state index contributed by atoms with van der Waals surface area (Å²) >= 11 is 0. The molecule has 0 aliphatic carbocycles. The minimum atomic E-state index is -0.285. The van der Waals surface area contributed by atoms with Crippen LogP contribution in [0.15, 0.2) is 18.3 Å². The molecule has 0 aliphatic rings. The number of halogens is 1. The van der Waals surface area contributed by atoms with Gasteiger partial charge in [0.05, 0.1) is 17.9 Å². The standard InChI is InChI=1S/C15H26FN3/c1-5-9-19(6-2)11-12(3)15(17-4)14-8-7-13(16)10-18-14/h7-8,10,12,15,17H,5-6,9,11H2,1-4H3. The largest absolute Gasteiger partial charge is 0.311 e. The zero-order chi connectivity index (χ0) is 14.3. The second-order valence-corrected chi connectivity index (χ2v) is 5.04. The summed E-state index contributed by atoms with van der Waals surface area (Å²) < 4.78 is 12.9. The molecule has 1 heterocycles. The normalized spacial score (nSPS) is 14.6. The summed E-state index contributed by atoms with van der Waals surface area (Å²) in [5.41, 5.74) is 0.906. The highest BCUT2D eigenvalue weighted by molar-refractivity contribution is 5.10. The van der Waals surface area contributed by atoms with Crippen molar-refractivity contribution in [2.75, 3.05) is 26.7 Å². The van der Waals surface area contributed by atoms with Gasteiger partial charge in [-0.1, -0.05) is 20.8 Å². The fourth-order valence-electron chi connectivity index (χ4n) is 2.50. The molecule has 1 N–H and O–H groups in total.